The first kappa shape index (κ1) is 20.0. The molecule has 4 nitrogen and oxygen atoms in total. The normalized spacial score (nSPS) is 17.6. The molecule has 0 saturated carbocycles. The van der Waals surface area contributed by atoms with E-state index in [-0.39, 0.29) is 6.09 Å². The number of amides is 1. The van der Waals surface area contributed by atoms with E-state index in [1.165, 1.54) is 12.5 Å². The van der Waals surface area contributed by atoms with Crippen molar-refractivity contribution in [3.63, 3.8) is 0 Å². The van der Waals surface area contributed by atoms with Crippen LogP contribution in [0, 0.1) is 11.8 Å². The molecule has 0 bridgehead atoms. The minimum atomic E-state index is -0.701. The van der Waals surface area contributed by atoms with E-state index in [0.29, 0.717) is 12.5 Å². The number of benzene rings is 1. The summed E-state index contributed by atoms with van der Waals surface area (Å²) in [5.74, 6) is 1.19. The smallest absolute Gasteiger partial charge is 0.445 e. The Kier molecular flexibility index (Phi) is 8.48. The Hall–Kier alpha value is -1.33. The number of rotatable bonds is 8. The molecule has 0 aliphatic carbocycles. The van der Waals surface area contributed by atoms with Gasteiger partial charge in [0.25, 0.3) is 0 Å². The molecule has 1 amide bonds. The Morgan fingerprint density at radius 1 is 1.32 bits per heavy atom. The first-order valence-electron chi connectivity index (χ1n) is 9.45. The topological polar surface area (TPSA) is 38.8 Å². The summed E-state index contributed by atoms with van der Waals surface area (Å²) < 4.78 is 11.6. The summed E-state index contributed by atoms with van der Waals surface area (Å²) in [5, 5.41) is 0. The molecule has 0 aromatic heterocycles. The van der Waals surface area contributed by atoms with Gasteiger partial charge in [-0.1, -0.05) is 44.2 Å². The fraction of sp³-hybridized carbons (Fsp3) is 0.650. The van der Waals surface area contributed by atoms with Gasteiger partial charge in [-0.2, -0.15) is 0 Å². The van der Waals surface area contributed by atoms with Crippen molar-refractivity contribution in [1.82, 2.24) is 4.90 Å². The molecule has 0 radical (unpaired) electrons. The van der Waals surface area contributed by atoms with Crippen molar-refractivity contribution in [1.29, 1.82) is 0 Å². The summed E-state index contributed by atoms with van der Waals surface area (Å²) in [6.45, 7) is 9.44. The van der Waals surface area contributed by atoms with E-state index in [4.69, 9.17) is 9.16 Å². The Balaban J connectivity index is 1.69. The van der Waals surface area contributed by atoms with E-state index in [2.05, 4.69) is 20.4 Å². The predicted molar refractivity (Wildman–Crippen MR) is 103 cm³/mol. The Labute approximate surface area is 154 Å². The molecule has 1 unspecified atom stereocenters. The van der Waals surface area contributed by atoms with Gasteiger partial charge in [0.15, 0.2) is 0 Å². The van der Waals surface area contributed by atoms with Crippen molar-refractivity contribution < 1.29 is 14.0 Å². The average molecular weight is 363 g/mol. The highest BCUT2D eigenvalue weighted by Gasteiger charge is 2.29. The van der Waals surface area contributed by atoms with E-state index in [1.807, 2.05) is 35.2 Å². The van der Waals surface area contributed by atoms with Gasteiger partial charge in [0, 0.05) is 19.0 Å². The molecule has 1 aromatic carbocycles. The number of carbonyl (C=O) groups is 1. The van der Waals surface area contributed by atoms with Crippen molar-refractivity contribution in [3.05, 3.63) is 35.9 Å². The largest absolute Gasteiger partial charge is 0.469 e. The van der Waals surface area contributed by atoms with E-state index < -0.39 is 9.04 Å². The number of ether oxygens (including phenoxy) is 1. The molecule has 5 heteroatoms. The van der Waals surface area contributed by atoms with Gasteiger partial charge < -0.3 is 9.64 Å². The molecule has 1 atom stereocenters. The van der Waals surface area contributed by atoms with Crippen molar-refractivity contribution in [2.24, 2.45) is 11.8 Å². The summed E-state index contributed by atoms with van der Waals surface area (Å²) in [6, 6.07) is 11.0. The van der Waals surface area contributed by atoms with Gasteiger partial charge in [-0.15, -0.1) is 0 Å². The van der Waals surface area contributed by atoms with E-state index in [9.17, 15) is 4.79 Å². The highest BCUT2D eigenvalue weighted by Crippen LogP contribution is 2.19. The monoisotopic (exact) mass is 362 g/mol. The second-order valence-corrected chi connectivity index (χ2v) is 9.63. The van der Waals surface area contributed by atoms with Gasteiger partial charge >= 0.3 is 15.1 Å². The summed E-state index contributed by atoms with van der Waals surface area (Å²) in [6.07, 6.45) is 3.22. The summed E-state index contributed by atoms with van der Waals surface area (Å²) in [7, 11) is -0.701. The van der Waals surface area contributed by atoms with Crippen molar-refractivity contribution in [2.45, 2.75) is 52.3 Å². The maximum absolute atomic E-state index is 12.3. The standard InChI is InChI=1S/C20H32NO3Si/c1-17(2)11-13-25(3)24-16-19-10-7-12-21(14-19)20(22)23-15-18-8-5-4-6-9-18/h4-6,8-9,17,19H,7,10-16H2,1-3H3/q+1. The van der Waals surface area contributed by atoms with Gasteiger partial charge in [-0.05, 0) is 30.7 Å². The molecule has 138 valence electrons. The van der Waals surface area contributed by atoms with Crippen molar-refractivity contribution >= 4 is 15.1 Å². The van der Waals surface area contributed by atoms with Crippen LogP contribution in [0.4, 0.5) is 4.79 Å². The van der Waals surface area contributed by atoms with Crippen LogP contribution in [0.15, 0.2) is 30.3 Å². The number of carbonyl (C=O) groups excluding carboxylic acids is 1. The molecular formula is C20H32NO3Si+. The highest BCUT2D eigenvalue weighted by atomic mass is 28.3. The first-order chi connectivity index (χ1) is 12.0. The average Bonchev–Trinajstić information content (AvgIpc) is 2.63. The zero-order valence-electron chi connectivity index (χ0n) is 15.9. The number of likely N-dealkylation sites (tertiary alicyclic amines) is 1. The van der Waals surface area contributed by atoms with Gasteiger partial charge in [-0.3, -0.25) is 0 Å². The minimum absolute atomic E-state index is 0.199. The van der Waals surface area contributed by atoms with Crippen LogP contribution in [0.1, 0.15) is 38.7 Å². The molecule has 1 aromatic rings. The fourth-order valence-electron chi connectivity index (χ4n) is 3.00. The molecule has 2 rings (SSSR count). The Bertz CT molecular complexity index is 509. The maximum atomic E-state index is 12.3. The lowest BCUT2D eigenvalue weighted by molar-refractivity contribution is 0.0708. The fourth-order valence-corrected chi connectivity index (χ4v) is 4.65. The lowest BCUT2D eigenvalue weighted by Crippen LogP contribution is -2.41. The van der Waals surface area contributed by atoms with Gasteiger partial charge in [0.05, 0.1) is 19.2 Å². The molecular weight excluding hydrogens is 330 g/mol. The molecule has 1 aliphatic heterocycles. The predicted octanol–water partition coefficient (Wildman–Crippen LogP) is 4.72. The second kappa shape index (κ2) is 10.6. The molecule has 0 N–H and O–H groups in total. The van der Waals surface area contributed by atoms with Crippen LogP contribution in [-0.4, -0.2) is 39.7 Å². The number of hydrogen-bond donors (Lipinski definition) is 0. The number of nitrogens with zero attached hydrogens (tertiary/aromatic N) is 1. The van der Waals surface area contributed by atoms with Crippen LogP contribution >= 0.6 is 0 Å². The zero-order chi connectivity index (χ0) is 18.1. The molecule has 1 aliphatic rings. The molecule has 0 spiro atoms. The first-order valence-corrected chi connectivity index (χ1v) is 11.6. The Morgan fingerprint density at radius 3 is 2.80 bits per heavy atom. The zero-order valence-corrected chi connectivity index (χ0v) is 16.9. The number of hydrogen-bond acceptors (Lipinski definition) is 3. The molecule has 1 heterocycles. The highest BCUT2D eigenvalue weighted by molar-refractivity contribution is 6.50. The molecule has 25 heavy (non-hydrogen) atoms. The second-order valence-electron chi connectivity index (χ2n) is 7.44. The third-order valence-electron chi connectivity index (χ3n) is 4.62. The SMILES string of the molecule is CC(C)CC[Si+](C)OCC1CCCN(C(=O)OCc2ccccc2)C1. The lowest BCUT2D eigenvalue weighted by atomic mass is 10.00. The van der Waals surface area contributed by atoms with Crippen LogP contribution in [-0.2, 0) is 15.8 Å². The van der Waals surface area contributed by atoms with E-state index >= 15 is 0 Å². The maximum Gasteiger partial charge on any atom is 0.469 e. The quantitative estimate of drug-likeness (QED) is 0.628. The summed E-state index contributed by atoms with van der Waals surface area (Å²) in [5.41, 5.74) is 1.02. The van der Waals surface area contributed by atoms with Gasteiger partial charge in [0.2, 0.25) is 0 Å². The third kappa shape index (κ3) is 7.61. The van der Waals surface area contributed by atoms with E-state index in [1.54, 1.807) is 0 Å². The summed E-state index contributed by atoms with van der Waals surface area (Å²) >= 11 is 0. The lowest BCUT2D eigenvalue weighted by Gasteiger charge is -2.31. The van der Waals surface area contributed by atoms with Crippen LogP contribution < -0.4 is 0 Å². The van der Waals surface area contributed by atoms with Crippen LogP contribution in [0.3, 0.4) is 0 Å². The van der Waals surface area contributed by atoms with Gasteiger partial charge in [-0.25, -0.2) is 9.22 Å². The van der Waals surface area contributed by atoms with Crippen LogP contribution in [0.2, 0.25) is 12.6 Å². The Morgan fingerprint density at radius 2 is 2.08 bits per heavy atom. The summed E-state index contributed by atoms with van der Waals surface area (Å²) in [4.78, 5) is 14.1. The van der Waals surface area contributed by atoms with Crippen LogP contribution in [0.5, 0.6) is 0 Å². The van der Waals surface area contributed by atoms with Crippen molar-refractivity contribution in [3.8, 4) is 0 Å². The van der Waals surface area contributed by atoms with Crippen molar-refractivity contribution in [2.75, 3.05) is 19.7 Å². The van der Waals surface area contributed by atoms with E-state index in [0.717, 1.165) is 44.0 Å². The molecule has 1 fully saturated rings. The minimum Gasteiger partial charge on any atom is -0.445 e. The molecule has 1 saturated heterocycles. The van der Waals surface area contributed by atoms with Gasteiger partial charge in [0.1, 0.15) is 6.61 Å². The van der Waals surface area contributed by atoms with Crippen LogP contribution in [0.25, 0.3) is 0 Å². The number of piperidine rings is 1. The third-order valence-corrected chi connectivity index (χ3v) is 6.27.